The minimum absolute atomic E-state index is 0.0804. The summed E-state index contributed by atoms with van der Waals surface area (Å²) in [6.07, 6.45) is 1.15. The highest BCUT2D eigenvalue weighted by molar-refractivity contribution is 7.89. The molecule has 0 bridgehead atoms. The maximum absolute atomic E-state index is 12.1. The zero-order chi connectivity index (χ0) is 17.0. The maximum atomic E-state index is 12.1. The van der Waals surface area contributed by atoms with E-state index in [-0.39, 0.29) is 17.3 Å². The highest BCUT2D eigenvalue weighted by Crippen LogP contribution is 2.16. The largest absolute Gasteiger partial charge is 0.423 e. The number of ether oxygens (including phenoxy) is 1. The fourth-order valence-electron chi connectivity index (χ4n) is 1.98. The molecular weight excluding hydrogens is 316 g/mol. The van der Waals surface area contributed by atoms with Crippen LogP contribution in [-0.2, 0) is 15.6 Å². The Morgan fingerprint density at radius 3 is 2.22 bits per heavy atom. The minimum atomic E-state index is -3.12. The van der Waals surface area contributed by atoms with Crippen LogP contribution in [0.2, 0.25) is 0 Å². The highest BCUT2D eigenvalue weighted by atomic mass is 32.2. The third kappa shape index (κ3) is 5.03. The van der Waals surface area contributed by atoms with E-state index in [2.05, 4.69) is 0 Å². The molecule has 0 saturated heterocycles. The van der Waals surface area contributed by atoms with Crippen molar-refractivity contribution >= 4 is 21.6 Å². The van der Waals surface area contributed by atoms with Crippen LogP contribution in [0.4, 0.5) is 0 Å². The molecule has 0 heterocycles. The van der Waals surface area contributed by atoms with Gasteiger partial charge in [0, 0.05) is 11.8 Å². The molecule has 0 spiro atoms. The van der Waals surface area contributed by atoms with Gasteiger partial charge in [0.15, 0.2) is 15.6 Å². The van der Waals surface area contributed by atoms with Crippen molar-refractivity contribution in [1.29, 1.82) is 0 Å². The van der Waals surface area contributed by atoms with Crippen molar-refractivity contribution in [2.75, 3.05) is 6.26 Å². The van der Waals surface area contributed by atoms with E-state index in [1.165, 1.54) is 25.1 Å². The summed E-state index contributed by atoms with van der Waals surface area (Å²) in [6.45, 7) is 1.43. The molecule has 2 aromatic rings. The zero-order valence-corrected chi connectivity index (χ0v) is 13.6. The number of hydrogen-bond donors (Lipinski definition) is 0. The first-order chi connectivity index (χ1) is 10.7. The van der Waals surface area contributed by atoms with Crippen LogP contribution < -0.4 is 4.74 Å². The van der Waals surface area contributed by atoms with Crippen LogP contribution in [0.1, 0.15) is 33.2 Å². The fraction of sp³-hybridized carbons (Fsp3) is 0.176. The fourth-order valence-corrected chi connectivity index (χ4v) is 2.78. The molecule has 0 fully saturated rings. The standard InChI is InChI=1S/C17H16O5S/c1-12(18)15-4-3-5-16(10-15)22-17(19)14-8-6-13(7-9-14)11-23(2,20)21/h3-10H,11H2,1-2H3. The molecule has 5 nitrogen and oxygen atoms in total. The predicted octanol–water partition coefficient (Wildman–Crippen LogP) is 2.65. The van der Waals surface area contributed by atoms with Crippen LogP contribution in [0.15, 0.2) is 48.5 Å². The van der Waals surface area contributed by atoms with Gasteiger partial charge in [-0.1, -0.05) is 24.3 Å². The Morgan fingerprint density at radius 2 is 1.65 bits per heavy atom. The molecule has 0 aliphatic heterocycles. The average Bonchev–Trinajstić information content (AvgIpc) is 2.46. The Labute approximate surface area is 134 Å². The van der Waals surface area contributed by atoms with E-state index in [0.29, 0.717) is 16.7 Å². The van der Waals surface area contributed by atoms with Crippen molar-refractivity contribution in [3.63, 3.8) is 0 Å². The van der Waals surface area contributed by atoms with E-state index in [1.807, 2.05) is 0 Å². The number of ketones is 1. The number of carbonyl (C=O) groups is 2. The van der Waals surface area contributed by atoms with Gasteiger partial charge in [0.1, 0.15) is 5.75 Å². The monoisotopic (exact) mass is 332 g/mol. The molecule has 0 unspecified atom stereocenters. The van der Waals surface area contributed by atoms with Crippen LogP contribution in [-0.4, -0.2) is 26.4 Å². The van der Waals surface area contributed by atoms with Crippen LogP contribution >= 0.6 is 0 Å². The molecule has 2 rings (SSSR count). The van der Waals surface area contributed by atoms with E-state index in [0.717, 1.165) is 6.26 Å². The Bertz CT molecular complexity index is 836. The summed E-state index contributed by atoms with van der Waals surface area (Å²) in [5.74, 6) is -0.490. The summed E-state index contributed by atoms with van der Waals surface area (Å²) in [6, 6.07) is 12.5. The molecule has 120 valence electrons. The lowest BCUT2D eigenvalue weighted by atomic mass is 10.1. The van der Waals surface area contributed by atoms with Crippen molar-refractivity contribution in [3.8, 4) is 5.75 Å². The van der Waals surface area contributed by atoms with E-state index >= 15 is 0 Å². The molecule has 0 saturated carbocycles. The van der Waals surface area contributed by atoms with Gasteiger partial charge in [-0.15, -0.1) is 0 Å². The molecule has 0 amide bonds. The van der Waals surface area contributed by atoms with Crippen molar-refractivity contribution in [1.82, 2.24) is 0 Å². The van der Waals surface area contributed by atoms with Crippen LogP contribution in [0, 0.1) is 0 Å². The first-order valence-electron chi connectivity index (χ1n) is 6.84. The van der Waals surface area contributed by atoms with Crippen LogP contribution in [0.25, 0.3) is 0 Å². The quantitative estimate of drug-likeness (QED) is 0.478. The average molecular weight is 332 g/mol. The Hall–Kier alpha value is -2.47. The van der Waals surface area contributed by atoms with Crippen molar-refractivity contribution in [2.45, 2.75) is 12.7 Å². The smallest absolute Gasteiger partial charge is 0.343 e. The van der Waals surface area contributed by atoms with Gasteiger partial charge in [0.2, 0.25) is 0 Å². The molecule has 0 aromatic heterocycles. The number of sulfone groups is 1. The number of rotatable bonds is 5. The van der Waals surface area contributed by atoms with Crippen LogP contribution in [0.5, 0.6) is 5.75 Å². The van der Waals surface area contributed by atoms with Gasteiger partial charge >= 0.3 is 5.97 Å². The molecular formula is C17H16O5S. The number of hydrogen-bond acceptors (Lipinski definition) is 5. The topological polar surface area (TPSA) is 77.5 Å². The molecule has 0 atom stereocenters. The second kappa shape index (κ2) is 6.75. The zero-order valence-electron chi connectivity index (χ0n) is 12.8. The molecule has 2 aromatic carbocycles. The maximum Gasteiger partial charge on any atom is 0.343 e. The molecule has 0 radical (unpaired) electrons. The Morgan fingerprint density at radius 1 is 1.00 bits per heavy atom. The predicted molar refractivity (Wildman–Crippen MR) is 86.4 cm³/mol. The minimum Gasteiger partial charge on any atom is -0.423 e. The van der Waals surface area contributed by atoms with Crippen molar-refractivity contribution < 1.29 is 22.7 Å². The van der Waals surface area contributed by atoms with Gasteiger partial charge < -0.3 is 4.74 Å². The summed E-state index contributed by atoms with van der Waals surface area (Å²) < 4.78 is 27.7. The number of carbonyl (C=O) groups excluding carboxylic acids is 2. The summed E-state index contributed by atoms with van der Waals surface area (Å²) in [5, 5.41) is 0. The van der Waals surface area contributed by atoms with Crippen molar-refractivity contribution in [3.05, 3.63) is 65.2 Å². The second-order valence-electron chi connectivity index (χ2n) is 5.24. The van der Waals surface area contributed by atoms with Gasteiger partial charge in [0.25, 0.3) is 0 Å². The van der Waals surface area contributed by atoms with E-state index in [9.17, 15) is 18.0 Å². The van der Waals surface area contributed by atoms with Gasteiger partial charge in [-0.3, -0.25) is 4.79 Å². The third-order valence-electron chi connectivity index (χ3n) is 3.07. The molecule has 6 heteroatoms. The lowest BCUT2D eigenvalue weighted by Gasteiger charge is -2.06. The van der Waals surface area contributed by atoms with E-state index in [4.69, 9.17) is 4.74 Å². The molecule has 0 N–H and O–H groups in total. The van der Waals surface area contributed by atoms with Gasteiger partial charge in [-0.05, 0) is 36.8 Å². The normalized spacial score (nSPS) is 11.0. The Kier molecular flexibility index (Phi) is 4.95. The first kappa shape index (κ1) is 16.9. The first-order valence-corrected chi connectivity index (χ1v) is 8.90. The number of esters is 1. The summed E-state index contributed by atoms with van der Waals surface area (Å²) in [5.41, 5.74) is 1.36. The van der Waals surface area contributed by atoms with Gasteiger partial charge in [-0.25, -0.2) is 13.2 Å². The lowest BCUT2D eigenvalue weighted by molar-refractivity contribution is 0.0733. The van der Waals surface area contributed by atoms with Crippen LogP contribution in [0.3, 0.4) is 0 Å². The number of Topliss-reactive ketones (excluding diaryl/α,β-unsaturated/α-hetero) is 1. The van der Waals surface area contributed by atoms with Gasteiger partial charge in [0.05, 0.1) is 11.3 Å². The highest BCUT2D eigenvalue weighted by Gasteiger charge is 2.11. The molecule has 0 aliphatic carbocycles. The van der Waals surface area contributed by atoms with E-state index < -0.39 is 15.8 Å². The van der Waals surface area contributed by atoms with E-state index in [1.54, 1.807) is 30.3 Å². The lowest BCUT2D eigenvalue weighted by Crippen LogP contribution is -2.09. The molecule has 0 aliphatic rings. The summed E-state index contributed by atoms with van der Waals surface area (Å²) >= 11 is 0. The third-order valence-corrected chi connectivity index (χ3v) is 3.93. The van der Waals surface area contributed by atoms with Gasteiger partial charge in [-0.2, -0.15) is 0 Å². The Balaban J connectivity index is 2.12. The summed E-state index contributed by atoms with van der Waals surface area (Å²) in [7, 11) is -3.12. The molecule has 23 heavy (non-hydrogen) atoms. The van der Waals surface area contributed by atoms with Crippen molar-refractivity contribution in [2.24, 2.45) is 0 Å². The summed E-state index contributed by atoms with van der Waals surface area (Å²) in [4.78, 5) is 23.4. The number of benzene rings is 2. The SMILES string of the molecule is CC(=O)c1cccc(OC(=O)c2ccc(CS(C)(=O)=O)cc2)c1. The second-order valence-corrected chi connectivity index (χ2v) is 7.38.